The van der Waals surface area contributed by atoms with Gasteiger partial charge in [-0.25, -0.2) is 0 Å². The van der Waals surface area contributed by atoms with E-state index in [1.807, 2.05) is 0 Å². The topological polar surface area (TPSA) is 113 Å². The van der Waals surface area contributed by atoms with Crippen molar-refractivity contribution in [2.24, 2.45) is 0 Å². The normalized spacial score (nSPS) is 12.2. The summed E-state index contributed by atoms with van der Waals surface area (Å²) in [5.41, 5.74) is 1.28. The molecule has 0 aliphatic heterocycles. The van der Waals surface area contributed by atoms with Crippen molar-refractivity contribution in [1.29, 1.82) is 0 Å². The number of aromatic hydroxyl groups is 4. The largest absolute Gasteiger partial charge is 0.508 e. The number of phenols is 4. The average Bonchev–Trinajstić information content (AvgIpc) is 2.50. The molecule has 1 atom stereocenters. The fraction of sp³-hybridized carbons (Fsp3) is 0.294. The summed E-state index contributed by atoms with van der Waals surface area (Å²) in [5.74, 6) is -0.437. The van der Waals surface area contributed by atoms with Crippen LogP contribution < -0.4 is 5.32 Å². The fourth-order valence-electron chi connectivity index (χ4n) is 2.53. The molecule has 0 radical (unpaired) electrons. The number of hydrogen-bond acceptors (Lipinski definition) is 6. The molecule has 0 heterocycles. The maximum atomic E-state index is 10.0. The second-order valence-electron chi connectivity index (χ2n) is 5.33. The molecule has 23 heavy (non-hydrogen) atoms. The molecule has 6 nitrogen and oxygen atoms in total. The Balaban J connectivity index is 2.18. The van der Waals surface area contributed by atoms with E-state index in [9.17, 15) is 20.4 Å². The number of benzene rings is 2. The minimum absolute atomic E-state index is 0.0741. The van der Waals surface area contributed by atoms with Crippen LogP contribution in [0.3, 0.4) is 0 Å². The SMILES string of the molecule is OCCNC(CCc1ccc(O)cc1)c1c(O)cc(O)cc1O. The summed E-state index contributed by atoms with van der Waals surface area (Å²) < 4.78 is 0. The quantitative estimate of drug-likeness (QED) is 0.464. The Labute approximate surface area is 134 Å². The van der Waals surface area contributed by atoms with E-state index in [2.05, 4.69) is 5.32 Å². The summed E-state index contributed by atoms with van der Waals surface area (Å²) in [4.78, 5) is 0. The lowest BCUT2D eigenvalue weighted by atomic mass is 9.97. The average molecular weight is 319 g/mol. The van der Waals surface area contributed by atoms with Crippen LogP contribution in [0.1, 0.15) is 23.6 Å². The van der Waals surface area contributed by atoms with Gasteiger partial charge in [-0.1, -0.05) is 12.1 Å². The van der Waals surface area contributed by atoms with Gasteiger partial charge in [-0.2, -0.15) is 0 Å². The number of aliphatic hydroxyl groups excluding tert-OH is 1. The highest BCUT2D eigenvalue weighted by atomic mass is 16.3. The van der Waals surface area contributed by atoms with Gasteiger partial charge in [-0.15, -0.1) is 0 Å². The van der Waals surface area contributed by atoms with E-state index in [1.165, 1.54) is 12.1 Å². The zero-order valence-corrected chi connectivity index (χ0v) is 12.6. The van der Waals surface area contributed by atoms with Crippen LogP contribution in [0.25, 0.3) is 0 Å². The van der Waals surface area contributed by atoms with Crippen molar-refractivity contribution >= 4 is 0 Å². The summed E-state index contributed by atoms with van der Waals surface area (Å²) >= 11 is 0. The molecule has 0 saturated heterocycles. The van der Waals surface area contributed by atoms with Crippen LogP contribution >= 0.6 is 0 Å². The zero-order chi connectivity index (χ0) is 16.8. The minimum Gasteiger partial charge on any atom is -0.508 e. The Morgan fingerprint density at radius 1 is 0.870 bits per heavy atom. The van der Waals surface area contributed by atoms with Gasteiger partial charge in [0.15, 0.2) is 0 Å². The van der Waals surface area contributed by atoms with Gasteiger partial charge >= 0.3 is 0 Å². The zero-order valence-electron chi connectivity index (χ0n) is 12.6. The lowest BCUT2D eigenvalue weighted by molar-refractivity contribution is 0.280. The highest BCUT2D eigenvalue weighted by Crippen LogP contribution is 2.38. The molecule has 2 aromatic rings. The van der Waals surface area contributed by atoms with Crippen LogP contribution in [0.2, 0.25) is 0 Å². The smallest absolute Gasteiger partial charge is 0.127 e. The molecule has 6 N–H and O–H groups in total. The van der Waals surface area contributed by atoms with E-state index < -0.39 is 6.04 Å². The first-order valence-electron chi connectivity index (χ1n) is 7.38. The van der Waals surface area contributed by atoms with E-state index >= 15 is 0 Å². The summed E-state index contributed by atoms with van der Waals surface area (Å²) in [6.07, 6.45) is 1.19. The van der Waals surface area contributed by atoms with Gasteiger partial charge in [0.2, 0.25) is 0 Å². The fourth-order valence-corrected chi connectivity index (χ4v) is 2.53. The molecule has 0 bridgehead atoms. The van der Waals surface area contributed by atoms with Gasteiger partial charge in [0, 0.05) is 24.7 Å². The van der Waals surface area contributed by atoms with E-state index in [1.54, 1.807) is 24.3 Å². The van der Waals surface area contributed by atoms with Gasteiger partial charge in [0.25, 0.3) is 0 Å². The number of hydrogen-bond donors (Lipinski definition) is 6. The molecule has 0 saturated carbocycles. The van der Waals surface area contributed by atoms with Crippen LogP contribution in [0.4, 0.5) is 0 Å². The molecule has 0 amide bonds. The maximum Gasteiger partial charge on any atom is 0.127 e. The molecule has 124 valence electrons. The summed E-state index contributed by atoms with van der Waals surface area (Å²) in [5, 5.41) is 50.8. The number of phenolic OH excluding ortho intramolecular Hbond substituents is 4. The summed E-state index contributed by atoms with van der Waals surface area (Å²) in [7, 11) is 0. The number of aryl methyl sites for hydroxylation is 1. The molecule has 0 aliphatic carbocycles. The third-order valence-electron chi connectivity index (χ3n) is 3.63. The second-order valence-corrected chi connectivity index (χ2v) is 5.33. The van der Waals surface area contributed by atoms with E-state index in [0.717, 1.165) is 5.56 Å². The molecule has 0 fully saturated rings. The van der Waals surface area contributed by atoms with Crippen molar-refractivity contribution in [3.05, 3.63) is 47.5 Å². The molecule has 2 rings (SSSR count). The van der Waals surface area contributed by atoms with E-state index in [0.29, 0.717) is 19.4 Å². The first-order chi connectivity index (χ1) is 11.0. The summed E-state index contributed by atoms with van der Waals surface area (Å²) in [6.45, 7) is 0.231. The monoisotopic (exact) mass is 319 g/mol. The first kappa shape index (κ1) is 16.9. The van der Waals surface area contributed by atoms with Gasteiger partial charge < -0.3 is 30.8 Å². The van der Waals surface area contributed by atoms with Gasteiger partial charge in [0.05, 0.1) is 12.2 Å². The van der Waals surface area contributed by atoms with Crippen LogP contribution in [0, 0.1) is 0 Å². The van der Waals surface area contributed by atoms with E-state index in [4.69, 9.17) is 5.11 Å². The number of aliphatic hydroxyl groups is 1. The standard InChI is InChI=1S/C17H21NO5/c19-8-7-18-14(6-3-11-1-4-12(20)5-2-11)17-15(22)9-13(21)10-16(17)23/h1-2,4-5,9-10,14,18-23H,3,6-8H2. The maximum absolute atomic E-state index is 10.0. The highest BCUT2D eigenvalue weighted by molar-refractivity contribution is 5.50. The molecule has 0 spiro atoms. The third-order valence-corrected chi connectivity index (χ3v) is 3.63. The number of nitrogens with one attached hydrogen (secondary N) is 1. The van der Waals surface area contributed by atoms with Crippen molar-refractivity contribution in [3.63, 3.8) is 0 Å². The van der Waals surface area contributed by atoms with Crippen LogP contribution in [-0.4, -0.2) is 38.7 Å². The summed E-state index contributed by atoms with van der Waals surface area (Å²) in [6, 6.07) is 8.75. The van der Waals surface area contributed by atoms with Crippen molar-refractivity contribution in [3.8, 4) is 23.0 Å². The Bertz CT molecular complexity index is 619. The predicted octanol–water partition coefficient (Wildman–Crippen LogP) is 1.76. The highest BCUT2D eigenvalue weighted by Gasteiger charge is 2.20. The molecule has 1 unspecified atom stereocenters. The van der Waals surface area contributed by atoms with Gasteiger partial charge in [0.1, 0.15) is 23.0 Å². The lowest BCUT2D eigenvalue weighted by Crippen LogP contribution is -2.25. The lowest BCUT2D eigenvalue weighted by Gasteiger charge is -2.21. The molecule has 0 aliphatic rings. The molecule has 6 heteroatoms. The van der Waals surface area contributed by atoms with Crippen molar-refractivity contribution < 1.29 is 25.5 Å². The van der Waals surface area contributed by atoms with Crippen molar-refractivity contribution in [2.75, 3.05) is 13.2 Å². The Morgan fingerprint density at radius 3 is 2.04 bits per heavy atom. The van der Waals surface area contributed by atoms with Gasteiger partial charge in [-0.05, 0) is 30.5 Å². The second kappa shape index (κ2) is 7.71. The van der Waals surface area contributed by atoms with Crippen LogP contribution in [-0.2, 0) is 6.42 Å². The molecule has 2 aromatic carbocycles. The minimum atomic E-state index is -0.392. The third kappa shape index (κ3) is 4.51. The van der Waals surface area contributed by atoms with Crippen molar-refractivity contribution in [2.45, 2.75) is 18.9 Å². The van der Waals surface area contributed by atoms with Crippen molar-refractivity contribution in [1.82, 2.24) is 5.32 Å². The molecular formula is C17H21NO5. The van der Waals surface area contributed by atoms with Crippen LogP contribution in [0.15, 0.2) is 36.4 Å². The Kier molecular flexibility index (Phi) is 5.67. The first-order valence-corrected chi connectivity index (χ1v) is 7.38. The van der Waals surface area contributed by atoms with Crippen LogP contribution in [0.5, 0.6) is 23.0 Å². The molecular weight excluding hydrogens is 298 g/mol. The predicted molar refractivity (Wildman–Crippen MR) is 85.7 cm³/mol. The van der Waals surface area contributed by atoms with Gasteiger partial charge in [-0.3, -0.25) is 0 Å². The Hall–Kier alpha value is -2.44. The Morgan fingerprint density at radius 2 is 1.48 bits per heavy atom. The number of rotatable bonds is 7. The molecule has 0 aromatic heterocycles. The van der Waals surface area contributed by atoms with E-state index in [-0.39, 0.29) is 35.2 Å².